The predicted molar refractivity (Wildman–Crippen MR) is 157 cm³/mol. The molecule has 48 heavy (non-hydrogen) atoms. The molecule has 10 N–H and O–H groups in total. The quantitative estimate of drug-likeness (QED) is 0.166. The number of aliphatic hydroxyl groups excluding tert-OH is 6. The fourth-order valence-electron chi connectivity index (χ4n) is 7.04. The van der Waals surface area contributed by atoms with Crippen LogP contribution in [-0.2, 0) is 0 Å². The van der Waals surface area contributed by atoms with E-state index in [1.807, 2.05) is 0 Å². The van der Waals surface area contributed by atoms with Gasteiger partial charge in [0.1, 0.15) is 70.8 Å². The maximum Gasteiger partial charge on any atom is 0.196 e. The van der Waals surface area contributed by atoms with E-state index in [4.69, 9.17) is 9.47 Å². The van der Waals surface area contributed by atoms with Crippen molar-refractivity contribution in [3.63, 3.8) is 0 Å². The molecule has 16 heteroatoms. The number of aromatic hydroxyl groups is 2. The minimum atomic E-state index is -2.58. The molecule has 0 heterocycles. The number of phenols is 2. The second-order valence-electron chi connectivity index (χ2n) is 12.5. The average molecular weight is 671 g/mol. The van der Waals surface area contributed by atoms with Crippen LogP contribution in [0.1, 0.15) is 55.3 Å². The number of fused-ring (bicyclic) bond motifs is 2. The van der Waals surface area contributed by atoms with Crippen molar-refractivity contribution in [1.82, 2.24) is 0 Å². The van der Waals surface area contributed by atoms with Crippen LogP contribution in [0.15, 0.2) is 34.4 Å². The molecule has 4 aliphatic carbocycles. The van der Waals surface area contributed by atoms with E-state index in [9.17, 15) is 70.2 Å². The first-order chi connectivity index (χ1) is 22.3. The van der Waals surface area contributed by atoms with Crippen molar-refractivity contribution in [2.24, 2.45) is 0 Å². The normalized spacial score (nSPS) is 32.9. The summed E-state index contributed by atoms with van der Waals surface area (Å²) in [5.74, 6) is -7.77. The summed E-state index contributed by atoms with van der Waals surface area (Å²) in [5, 5.41) is 108. The van der Waals surface area contributed by atoms with E-state index in [-0.39, 0.29) is 0 Å². The highest BCUT2D eigenvalue weighted by Crippen LogP contribution is 2.54. The van der Waals surface area contributed by atoms with E-state index >= 15 is 0 Å². The maximum absolute atomic E-state index is 14.4. The molecule has 0 bridgehead atoms. The third-order valence-electron chi connectivity index (χ3n) is 9.74. The number of hydrogen-bond donors (Lipinski definition) is 10. The Balaban J connectivity index is 1.74. The second kappa shape index (κ2) is 10.5. The van der Waals surface area contributed by atoms with E-state index in [0.29, 0.717) is 0 Å². The van der Waals surface area contributed by atoms with Crippen LogP contribution in [0.3, 0.4) is 0 Å². The van der Waals surface area contributed by atoms with Crippen LogP contribution in [0, 0.1) is 0 Å². The molecule has 0 aromatic heterocycles. The van der Waals surface area contributed by atoms with Gasteiger partial charge in [-0.05, 0) is 13.8 Å². The van der Waals surface area contributed by atoms with Gasteiger partial charge in [0.25, 0.3) is 0 Å². The summed E-state index contributed by atoms with van der Waals surface area (Å²) < 4.78 is 10.8. The van der Waals surface area contributed by atoms with Crippen LogP contribution < -0.4 is 9.47 Å². The number of methoxy groups -OCH3 is 2. The Labute approximate surface area is 269 Å². The first kappa shape index (κ1) is 33.4. The lowest BCUT2D eigenvalue weighted by Gasteiger charge is -2.44. The number of ether oxygens (including phenoxy) is 2. The van der Waals surface area contributed by atoms with Crippen molar-refractivity contribution in [3.05, 3.63) is 56.7 Å². The van der Waals surface area contributed by atoms with Gasteiger partial charge in [0.15, 0.2) is 23.1 Å². The lowest BCUT2D eigenvalue weighted by atomic mass is 9.65. The molecule has 0 radical (unpaired) electrons. The fourth-order valence-corrected chi connectivity index (χ4v) is 7.04. The summed E-state index contributed by atoms with van der Waals surface area (Å²) in [6.45, 7) is 1.80. The molecule has 0 aliphatic heterocycles. The molecule has 254 valence electrons. The number of rotatable bonds is 3. The van der Waals surface area contributed by atoms with Gasteiger partial charge >= 0.3 is 0 Å². The Kier molecular flexibility index (Phi) is 7.29. The van der Waals surface area contributed by atoms with E-state index < -0.39 is 150 Å². The molecule has 4 aliphatic rings. The standard InChI is InChI=1S/C32H30O16/c1-31(45)27(41)19-17(25(39)29(31)43)21(35)11-7(33)5-9(47-3)13(15(11)23(19)37)14-10(48-4)6-8(34)12-16(14)24(38)20-18(22(12)36)26(40)30(44)32(2,46)28(20)42/h5-6,25-30,33-34,39-46H,1-4H3. The smallest absolute Gasteiger partial charge is 0.196 e. The molecule has 0 spiro atoms. The number of benzene rings is 2. The molecule has 0 saturated heterocycles. The Bertz CT molecular complexity index is 1810. The SMILES string of the molecule is COc1cc(O)c2c(c1-c1c(OC)cc(O)c3c1C(=O)C1=C(C3=O)C(O)C(O)C(C)(O)C1O)C(=O)C1=C(C2=O)C(O)C(O)C(C)(O)C1O. The summed E-state index contributed by atoms with van der Waals surface area (Å²) in [7, 11) is 2.13. The molecular weight excluding hydrogens is 640 g/mol. The molecular formula is C32H30O16. The molecule has 8 atom stereocenters. The van der Waals surface area contributed by atoms with Gasteiger partial charge in [-0.3, -0.25) is 19.2 Å². The molecule has 16 nitrogen and oxygen atoms in total. The van der Waals surface area contributed by atoms with Gasteiger partial charge in [0.05, 0.1) is 25.3 Å². The molecule has 8 unspecified atom stereocenters. The number of ketones is 4. The molecule has 0 saturated carbocycles. The Morgan fingerprint density at radius 3 is 1.10 bits per heavy atom. The number of carbonyl (C=O) groups is 4. The number of aliphatic hydroxyl groups is 8. The van der Waals surface area contributed by atoms with Crippen molar-refractivity contribution in [1.29, 1.82) is 0 Å². The highest BCUT2D eigenvalue weighted by atomic mass is 16.5. The first-order valence-electron chi connectivity index (χ1n) is 14.4. The van der Waals surface area contributed by atoms with Crippen LogP contribution in [0.5, 0.6) is 23.0 Å². The van der Waals surface area contributed by atoms with Crippen molar-refractivity contribution >= 4 is 23.1 Å². The van der Waals surface area contributed by atoms with Gasteiger partial charge < -0.3 is 60.5 Å². The first-order valence-corrected chi connectivity index (χ1v) is 14.4. The lowest BCUT2D eigenvalue weighted by Crippen LogP contribution is -2.62. The summed E-state index contributed by atoms with van der Waals surface area (Å²) in [6, 6.07) is 1.70. The summed E-state index contributed by atoms with van der Waals surface area (Å²) >= 11 is 0. The average Bonchev–Trinajstić information content (AvgIpc) is 3.03. The molecule has 0 fully saturated rings. The third-order valence-corrected chi connectivity index (χ3v) is 9.74. The highest BCUT2D eigenvalue weighted by molar-refractivity contribution is 6.34. The number of carbonyl (C=O) groups excluding carboxylic acids is 4. The zero-order valence-electron chi connectivity index (χ0n) is 25.5. The predicted octanol–water partition coefficient (Wildman–Crippen LogP) is -2.17. The van der Waals surface area contributed by atoms with Crippen molar-refractivity contribution in [2.75, 3.05) is 14.2 Å². The van der Waals surface area contributed by atoms with Gasteiger partial charge in [0.2, 0.25) is 0 Å². The monoisotopic (exact) mass is 670 g/mol. The highest BCUT2D eigenvalue weighted by Gasteiger charge is 2.58. The Morgan fingerprint density at radius 2 is 0.812 bits per heavy atom. The molecule has 6 rings (SSSR count). The zero-order valence-corrected chi connectivity index (χ0v) is 25.5. The van der Waals surface area contributed by atoms with Crippen molar-refractivity contribution in [2.45, 2.75) is 61.7 Å². The van der Waals surface area contributed by atoms with Crippen molar-refractivity contribution < 1.29 is 79.7 Å². The summed E-state index contributed by atoms with van der Waals surface area (Å²) in [4.78, 5) is 56.5. The number of hydrogen-bond acceptors (Lipinski definition) is 16. The molecule has 2 aromatic carbocycles. The van der Waals surface area contributed by atoms with Crippen molar-refractivity contribution in [3.8, 4) is 34.1 Å². The van der Waals surface area contributed by atoms with Gasteiger partial charge in [-0.2, -0.15) is 0 Å². The zero-order chi connectivity index (χ0) is 35.7. The van der Waals surface area contributed by atoms with E-state index in [2.05, 4.69) is 0 Å². The number of phenolic OH excluding ortho intramolecular Hbond substituents is 2. The summed E-state index contributed by atoms with van der Waals surface area (Å²) in [6.07, 6.45) is -13.3. The van der Waals surface area contributed by atoms with E-state index in [1.165, 1.54) is 0 Å². The van der Waals surface area contributed by atoms with Crippen LogP contribution in [0.2, 0.25) is 0 Å². The Hall–Kier alpha value is -4.52. The molecule has 2 aromatic rings. The summed E-state index contributed by atoms with van der Waals surface area (Å²) in [5.41, 5.74) is -12.7. The minimum Gasteiger partial charge on any atom is -0.507 e. The van der Waals surface area contributed by atoms with Crippen LogP contribution >= 0.6 is 0 Å². The van der Waals surface area contributed by atoms with Crippen LogP contribution in [0.4, 0.5) is 0 Å². The topological polar surface area (TPSA) is 289 Å². The maximum atomic E-state index is 14.4. The second-order valence-corrected chi connectivity index (χ2v) is 12.5. The largest absolute Gasteiger partial charge is 0.507 e. The van der Waals surface area contributed by atoms with Gasteiger partial charge in [-0.15, -0.1) is 0 Å². The number of Topliss-reactive ketones (excluding diaryl/α,β-unsaturated/α-hetero) is 4. The van der Waals surface area contributed by atoms with E-state index in [0.717, 1.165) is 40.2 Å². The van der Waals surface area contributed by atoms with Gasteiger partial charge in [-0.1, -0.05) is 0 Å². The Morgan fingerprint density at radius 1 is 0.521 bits per heavy atom. The fraction of sp³-hybridized carbons (Fsp3) is 0.375. The molecule has 0 amide bonds. The van der Waals surface area contributed by atoms with E-state index in [1.54, 1.807) is 0 Å². The van der Waals surface area contributed by atoms with Gasteiger partial charge in [-0.25, -0.2) is 0 Å². The third kappa shape index (κ3) is 3.93. The lowest BCUT2D eigenvalue weighted by molar-refractivity contribution is -0.158. The minimum absolute atomic E-state index is 0.438. The van der Waals surface area contributed by atoms with Crippen LogP contribution in [0.25, 0.3) is 11.1 Å². The van der Waals surface area contributed by atoms with Gasteiger partial charge in [0, 0.05) is 56.7 Å². The van der Waals surface area contributed by atoms with Crippen LogP contribution in [-0.4, -0.2) is 136 Å².